The number of anilines is 1. The number of hydrogen-bond donors (Lipinski definition) is 1. The average Bonchev–Trinajstić information content (AvgIpc) is 2.81. The third kappa shape index (κ3) is 2.04. The summed E-state index contributed by atoms with van der Waals surface area (Å²) in [4.78, 5) is 4.03. The summed E-state index contributed by atoms with van der Waals surface area (Å²) in [5, 5.41) is 7.68. The predicted molar refractivity (Wildman–Crippen MR) is 65.6 cm³/mol. The maximum Gasteiger partial charge on any atom is 0.417 e. The maximum atomic E-state index is 12.7. The molecule has 8 heteroatoms. The van der Waals surface area contributed by atoms with Gasteiger partial charge >= 0.3 is 6.18 Å². The zero-order chi connectivity index (χ0) is 14.3. The summed E-state index contributed by atoms with van der Waals surface area (Å²) in [5.74, 6) is 0.228. The Labute approximate surface area is 110 Å². The Morgan fingerprint density at radius 1 is 1.05 bits per heavy atom. The second-order valence-corrected chi connectivity index (χ2v) is 4.14. The van der Waals surface area contributed by atoms with Crippen molar-refractivity contribution in [3.8, 4) is 11.5 Å². The van der Waals surface area contributed by atoms with Crippen LogP contribution in [-0.2, 0) is 6.18 Å². The highest BCUT2D eigenvalue weighted by atomic mass is 19.4. The minimum atomic E-state index is -4.43. The number of aromatic nitrogens is 4. The highest BCUT2D eigenvalue weighted by Gasteiger charge is 2.31. The van der Waals surface area contributed by atoms with E-state index < -0.39 is 11.7 Å². The van der Waals surface area contributed by atoms with Crippen LogP contribution in [0.4, 0.5) is 18.9 Å². The molecule has 0 aliphatic rings. The molecule has 3 aromatic rings. The van der Waals surface area contributed by atoms with Crippen LogP contribution in [0.1, 0.15) is 5.56 Å². The summed E-state index contributed by atoms with van der Waals surface area (Å²) < 4.78 is 39.4. The molecule has 0 aliphatic heterocycles. The Morgan fingerprint density at radius 3 is 2.50 bits per heavy atom. The largest absolute Gasteiger partial charge is 0.417 e. The minimum absolute atomic E-state index is 0.228. The first-order chi connectivity index (χ1) is 9.45. The second-order valence-electron chi connectivity index (χ2n) is 4.14. The molecular weight excluding hydrogens is 271 g/mol. The van der Waals surface area contributed by atoms with E-state index in [9.17, 15) is 13.2 Å². The lowest BCUT2D eigenvalue weighted by atomic mass is 10.2. The van der Waals surface area contributed by atoms with Crippen LogP contribution < -0.4 is 5.73 Å². The molecule has 0 aromatic carbocycles. The van der Waals surface area contributed by atoms with E-state index in [-0.39, 0.29) is 5.82 Å². The van der Waals surface area contributed by atoms with E-state index in [1.54, 1.807) is 12.1 Å². The first-order valence-electron chi connectivity index (χ1n) is 5.59. The SMILES string of the molecule is Nc1ccc(-c2nnc3ccc(C(F)(F)F)cn23)nc1. The van der Waals surface area contributed by atoms with Gasteiger partial charge in [-0.3, -0.25) is 9.38 Å². The van der Waals surface area contributed by atoms with Crippen molar-refractivity contribution >= 4 is 11.3 Å². The van der Waals surface area contributed by atoms with Crippen molar-refractivity contribution in [3.05, 3.63) is 42.2 Å². The second kappa shape index (κ2) is 4.19. The number of rotatable bonds is 1. The van der Waals surface area contributed by atoms with E-state index in [0.717, 1.165) is 12.3 Å². The summed E-state index contributed by atoms with van der Waals surface area (Å²) in [5.41, 5.74) is 5.91. The number of pyridine rings is 2. The van der Waals surface area contributed by atoms with Crippen LogP contribution in [0.25, 0.3) is 17.2 Å². The predicted octanol–water partition coefficient (Wildman–Crippen LogP) is 2.39. The van der Waals surface area contributed by atoms with Crippen LogP contribution in [0, 0.1) is 0 Å². The molecule has 0 saturated carbocycles. The molecule has 20 heavy (non-hydrogen) atoms. The van der Waals surface area contributed by atoms with Crippen molar-refractivity contribution in [2.45, 2.75) is 6.18 Å². The lowest BCUT2D eigenvalue weighted by Gasteiger charge is -2.07. The molecule has 0 bridgehead atoms. The number of hydrogen-bond acceptors (Lipinski definition) is 4. The summed E-state index contributed by atoms with van der Waals surface area (Å²) in [6, 6.07) is 5.39. The van der Waals surface area contributed by atoms with Gasteiger partial charge in [0.1, 0.15) is 5.69 Å². The monoisotopic (exact) mass is 279 g/mol. The number of nitrogen functional groups attached to an aromatic ring is 1. The summed E-state index contributed by atoms with van der Waals surface area (Å²) >= 11 is 0. The molecule has 2 N–H and O–H groups in total. The Bertz CT molecular complexity index is 761. The average molecular weight is 279 g/mol. The van der Waals surface area contributed by atoms with Gasteiger partial charge in [0.15, 0.2) is 11.5 Å². The van der Waals surface area contributed by atoms with Crippen molar-refractivity contribution in [1.29, 1.82) is 0 Å². The van der Waals surface area contributed by atoms with Gasteiger partial charge in [0, 0.05) is 6.20 Å². The van der Waals surface area contributed by atoms with Gasteiger partial charge in [0.05, 0.1) is 17.4 Å². The Kier molecular flexibility index (Phi) is 2.60. The normalized spacial score (nSPS) is 11.9. The smallest absolute Gasteiger partial charge is 0.397 e. The molecule has 0 spiro atoms. The van der Waals surface area contributed by atoms with Gasteiger partial charge in [-0.05, 0) is 24.3 Å². The van der Waals surface area contributed by atoms with Crippen molar-refractivity contribution < 1.29 is 13.2 Å². The molecule has 3 rings (SSSR count). The molecule has 3 aromatic heterocycles. The Balaban J connectivity index is 2.19. The minimum Gasteiger partial charge on any atom is -0.397 e. The van der Waals surface area contributed by atoms with Crippen LogP contribution in [0.15, 0.2) is 36.7 Å². The van der Waals surface area contributed by atoms with Crippen LogP contribution >= 0.6 is 0 Å². The van der Waals surface area contributed by atoms with E-state index in [1.165, 1.54) is 16.7 Å². The summed E-state index contributed by atoms with van der Waals surface area (Å²) in [7, 11) is 0. The van der Waals surface area contributed by atoms with Crippen molar-refractivity contribution in [1.82, 2.24) is 19.6 Å². The lowest BCUT2D eigenvalue weighted by molar-refractivity contribution is -0.137. The van der Waals surface area contributed by atoms with Gasteiger partial charge in [-0.2, -0.15) is 13.2 Å². The first-order valence-corrected chi connectivity index (χ1v) is 5.59. The van der Waals surface area contributed by atoms with E-state index in [0.29, 0.717) is 17.0 Å². The third-order valence-corrected chi connectivity index (χ3v) is 2.75. The van der Waals surface area contributed by atoms with Gasteiger partial charge in [0.2, 0.25) is 0 Å². The van der Waals surface area contributed by atoms with Gasteiger partial charge in [0.25, 0.3) is 0 Å². The van der Waals surface area contributed by atoms with Crippen LogP contribution in [0.2, 0.25) is 0 Å². The Hall–Kier alpha value is -2.64. The van der Waals surface area contributed by atoms with Gasteiger partial charge in [-0.1, -0.05) is 0 Å². The quantitative estimate of drug-likeness (QED) is 0.742. The molecule has 0 radical (unpaired) electrons. The number of alkyl halides is 3. The zero-order valence-electron chi connectivity index (χ0n) is 9.96. The first kappa shape index (κ1) is 12.4. The highest BCUT2D eigenvalue weighted by molar-refractivity contribution is 5.57. The topological polar surface area (TPSA) is 69.1 Å². The summed E-state index contributed by atoms with van der Waals surface area (Å²) in [6.45, 7) is 0. The molecule has 0 aliphatic carbocycles. The number of nitrogens with zero attached hydrogens (tertiary/aromatic N) is 4. The van der Waals surface area contributed by atoms with Crippen molar-refractivity contribution in [3.63, 3.8) is 0 Å². The van der Waals surface area contributed by atoms with E-state index in [1.807, 2.05) is 0 Å². The Morgan fingerprint density at radius 2 is 1.85 bits per heavy atom. The van der Waals surface area contributed by atoms with Crippen molar-refractivity contribution in [2.75, 3.05) is 5.73 Å². The molecule has 102 valence electrons. The van der Waals surface area contributed by atoms with E-state index in [2.05, 4.69) is 15.2 Å². The molecule has 5 nitrogen and oxygen atoms in total. The molecule has 0 atom stereocenters. The van der Waals surface area contributed by atoms with Crippen LogP contribution in [0.5, 0.6) is 0 Å². The number of nitrogens with two attached hydrogens (primary N) is 1. The van der Waals surface area contributed by atoms with E-state index >= 15 is 0 Å². The van der Waals surface area contributed by atoms with Gasteiger partial charge < -0.3 is 5.73 Å². The molecule has 0 unspecified atom stereocenters. The maximum absolute atomic E-state index is 12.7. The third-order valence-electron chi connectivity index (χ3n) is 2.75. The number of fused-ring (bicyclic) bond motifs is 1. The van der Waals surface area contributed by atoms with Gasteiger partial charge in [-0.15, -0.1) is 10.2 Å². The molecule has 0 amide bonds. The lowest BCUT2D eigenvalue weighted by Crippen LogP contribution is -2.06. The molecule has 3 heterocycles. The van der Waals surface area contributed by atoms with E-state index in [4.69, 9.17) is 5.73 Å². The fraction of sp³-hybridized carbons (Fsp3) is 0.0833. The molecule has 0 saturated heterocycles. The highest BCUT2D eigenvalue weighted by Crippen LogP contribution is 2.30. The zero-order valence-corrected chi connectivity index (χ0v) is 9.96. The fourth-order valence-corrected chi connectivity index (χ4v) is 1.77. The standard InChI is InChI=1S/C12H8F3N5/c13-12(14,15)7-1-4-10-18-19-11(20(10)6-7)9-3-2-8(16)5-17-9/h1-6H,16H2. The van der Waals surface area contributed by atoms with Gasteiger partial charge in [-0.25, -0.2) is 0 Å². The number of halogens is 3. The van der Waals surface area contributed by atoms with Crippen LogP contribution in [0.3, 0.4) is 0 Å². The fourth-order valence-electron chi connectivity index (χ4n) is 1.77. The van der Waals surface area contributed by atoms with Crippen molar-refractivity contribution in [2.24, 2.45) is 0 Å². The molecule has 0 fully saturated rings. The van der Waals surface area contributed by atoms with Crippen LogP contribution in [-0.4, -0.2) is 19.6 Å². The molecular formula is C12H8F3N5. The summed E-state index contributed by atoms with van der Waals surface area (Å²) in [6.07, 6.45) is -2.07.